The second-order valence-corrected chi connectivity index (χ2v) is 6.01. The molecule has 0 fully saturated rings. The summed E-state index contributed by atoms with van der Waals surface area (Å²) in [6.45, 7) is 0. The summed E-state index contributed by atoms with van der Waals surface area (Å²) < 4.78 is 56.8. The predicted octanol–water partition coefficient (Wildman–Crippen LogP) is 3.90. The van der Waals surface area contributed by atoms with Crippen molar-refractivity contribution < 1.29 is 17.6 Å². The highest BCUT2D eigenvalue weighted by Gasteiger charge is 2.18. The van der Waals surface area contributed by atoms with Crippen LogP contribution in [0.5, 0.6) is 0 Å². The van der Waals surface area contributed by atoms with Crippen LogP contribution in [0.15, 0.2) is 64.2 Å². The summed E-state index contributed by atoms with van der Waals surface area (Å²) in [5, 5.41) is 0.146. The van der Waals surface area contributed by atoms with Gasteiger partial charge in [0.25, 0.3) is 11.1 Å². The number of nitrogens with zero attached hydrogens (tertiary/aromatic N) is 1. The van der Waals surface area contributed by atoms with E-state index < -0.39 is 40.1 Å². The zero-order valence-electron chi connectivity index (χ0n) is 14.0. The molecule has 0 aliphatic heterocycles. The molecule has 2 aromatic carbocycles. The number of halogens is 4. The molecule has 2 aromatic heterocycles. The molecule has 0 bridgehead atoms. The van der Waals surface area contributed by atoms with E-state index in [0.29, 0.717) is 10.6 Å². The summed E-state index contributed by atoms with van der Waals surface area (Å²) in [6.07, 6.45) is 0. The zero-order valence-corrected chi connectivity index (χ0v) is 14.0. The molecular formula is C20H10F4N2O2. The van der Waals surface area contributed by atoms with Gasteiger partial charge in [0.2, 0.25) is 0 Å². The molecule has 0 unspecified atom stereocenters. The number of aromatic nitrogens is 2. The van der Waals surface area contributed by atoms with E-state index in [9.17, 15) is 27.2 Å². The van der Waals surface area contributed by atoms with Crippen molar-refractivity contribution in [3.63, 3.8) is 0 Å². The highest BCUT2D eigenvalue weighted by molar-refractivity contribution is 5.93. The van der Waals surface area contributed by atoms with Gasteiger partial charge in [-0.2, -0.15) is 0 Å². The Kier molecular flexibility index (Phi) is 4.11. The average molecular weight is 386 g/mol. The van der Waals surface area contributed by atoms with E-state index in [-0.39, 0.29) is 22.2 Å². The third-order valence-corrected chi connectivity index (χ3v) is 4.28. The summed E-state index contributed by atoms with van der Waals surface area (Å²) >= 11 is 0. The molecule has 0 saturated heterocycles. The third kappa shape index (κ3) is 2.79. The smallest absolute Gasteiger partial charge is 0.255 e. The van der Waals surface area contributed by atoms with Gasteiger partial charge in [-0.05, 0) is 30.3 Å². The first-order valence-electron chi connectivity index (χ1n) is 8.06. The van der Waals surface area contributed by atoms with Gasteiger partial charge in [0, 0.05) is 29.1 Å². The normalized spacial score (nSPS) is 11.1. The summed E-state index contributed by atoms with van der Waals surface area (Å²) in [5.74, 6) is -3.78. The van der Waals surface area contributed by atoms with Gasteiger partial charge in [-0.1, -0.05) is 6.07 Å². The maximum atomic E-state index is 14.3. The van der Waals surface area contributed by atoms with Crippen molar-refractivity contribution in [1.29, 1.82) is 0 Å². The van der Waals surface area contributed by atoms with Crippen molar-refractivity contribution in [1.82, 2.24) is 9.55 Å². The maximum absolute atomic E-state index is 14.3. The van der Waals surface area contributed by atoms with Crippen LogP contribution in [0.1, 0.15) is 0 Å². The van der Waals surface area contributed by atoms with Crippen molar-refractivity contribution >= 4 is 10.9 Å². The molecule has 0 spiro atoms. The first kappa shape index (κ1) is 17.7. The Morgan fingerprint density at radius 2 is 1.50 bits per heavy atom. The SMILES string of the molecule is O=c1cc2c(ccc(=O)n2-c2c(F)cccc2F)c(-c2ccc(F)cc2F)[nH]1. The third-order valence-electron chi connectivity index (χ3n) is 4.28. The average Bonchev–Trinajstić information content (AvgIpc) is 2.62. The van der Waals surface area contributed by atoms with E-state index in [1.54, 1.807) is 0 Å². The van der Waals surface area contributed by atoms with Gasteiger partial charge < -0.3 is 4.98 Å². The summed E-state index contributed by atoms with van der Waals surface area (Å²) in [6, 6.07) is 9.15. The summed E-state index contributed by atoms with van der Waals surface area (Å²) in [4.78, 5) is 27.0. The topological polar surface area (TPSA) is 54.9 Å². The number of H-pyrrole nitrogens is 1. The molecule has 4 nitrogen and oxygen atoms in total. The second-order valence-electron chi connectivity index (χ2n) is 6.01. The van der Waals surface area contributed by atoms with Crippen LogP contribution in [0.2, 0.25) is 0 Å². The molecule has 0 aliphatic rings. The predicted molar refractivity (Wildman–Crippen MR) is 95.4 cm³/mol. The molecule has 140 valence electrons. The fourth-order valence-electron chi connectivity index (χ4n) is 3.10. The highest BCUT2D eigenvalue weighted by Crippen LogP contribution is 2.29. The lowest BCUT2D eigenvalue weighted by Crippen LogP contribution is -2.22. The number of hydrogen-bond acceptors (Lipinski definition) is 2. The standard InChI is InChI=1S/C20H10F4N2O2/c21-10-4-5-11(15(24)8-10)19-12-6-7-18(28)26(16(12)9-17(27)25-19)20-13(22)2-1-3-14(20)23/h1-9H,(H,25,27). The Hall–Kier alpha value is -3.68. The molecule has 0 saturated carbocycles. The van der Waals surface area contributed by atoms with E-state index in [4.69, 9.17) is 0 Å². The van der Waals surface area contributed by atoms with Crippen LogP contribution in [-0.2, 0) is 0 Å². The molecule has 1 N–H and O–H groups in total. The van der Waals surface area contributed by atoms with Crippen LogP contribution in [0.3, 0.4) is 0 Å². The van der Waals surface area contributed by atoms with Crippen molar-refractivity contribution in [2.24, 2.45) is 0 Å². The number of aromatic amines is 1. The van der Waals surface area contributed by atoms with E-state index >= 15 is 0 Å². The lowest BCUT2D eigenvalue weighted by molar-refractivity contribution is 0.569. The van der Waals surface area contributed by atoms with Crippen molar-refractivity contribution in [2.75, 3.05) is 0 Å². The molecule has 0 aliphatic carbocycles. The lowest BCUT2D eigenvalue weighted by atomic mass is 10.1. The van der Waals surface area contributed by atoms with Gasteiger partial charge in [0.05, 0.1) is 11.2 Å². The van der Waals surface area contributed by atoms with Gasteiger partial charge in [-0.15, -0.1) is 0 Å². The molecule has 0 atom stereocenters. The first-order chi connectivity index (χ1) is 13.4. The Labute approximate surface area is 154 Å². The Bertz CT molecular complexity index is 1340. The number of fused-ring (bicyclic) bond motifs is 1. The largest absolute Gasteiger partial charge is 0.321 e. The van der Waals surface area contributed by atoms with Crippen LogP contribution in [0, 0.1) is 23.3 Å². The van der Waals surface area contributed by atoms with Crippen molar-refractivity contribution in [2.45, 2.75) is 0 Å². The molecule has 0 radical (unpaired) electrons. The zero-order chi connectivity index (χ0) is 20.0. The van der Waals surface area contributed by atoms with Gasteiger partial charge >= 0.3 is 0 Å². The molecular weight excluding hydrogens is 376 g/mol. The minimum atomic E-state index is -1.01. The number of para-hydroxylation sites is 1. The Morgan fingerprint density at radius 3 is 2.18 bits per heavy atom. The Balaban J connectivity index is 2.16. The quantitative estimate of drug-likeness (QED) is 0.531. The second kappa shape index (κ2) is 6.49. The minimum Gasteiger partial charge on any atom is -0.321 e. The highest BCUT2D eigenvalue weighted by atomic mass is 19.1. The van der Waals surface area contributed by atoms with Crippen LogP contribution in [0.4, 0.5) is 17.6 Å². The number of rotatable bonds is 2. The summed E-state index contributed by atoms with van der Waals surface area (Å²) in [7, 11) is 0. The van der Waals surface area contributed by atoms with Crippen molar-refractivity contribution in [3.05, 3.63) is 98.6 Å². The molecule has 4 aromatic rings. The number of nitrogens with one attached hydrogen (secondary N) is 1. The van der Waals surface area contributed by atoms with Crippen LogP contribution >= 0.6 is 0 Å². The van der Waals surface area contributed by atoms with E-state index in [1.165, 1.54) is 6.07 Å². The van der Waals surface area contributed by atoms with Gasteiger partial charge in [0.15, 0.2) is 0 Å². The number of benzene rings is 2. The van der Waals surface area contributed by atoms with Crippen molar-refractivity contribution in [3.8, 4) is 16.9 Å². The van der Waals surface area contributed by atoms with Gasteiger partial charge in [-0.25, -0.2) is 17.6 Å². The molecule has 4 rings (SSSR count). The van der Waals surface area contributed by atoms with Crippen LogP contribution < -0.4 is 11.1 Å². The fraction of sp³-hybridized carbons (Fsp3) is 0. The van der Waals surface area contributed by atoms with E-state index in [0.717, 1.165) is 42.5 Å². The molecule has 0 amide bonds. The fourth-order valence-corrected chi connectivity index (χ4v) is 3.10. The lowest BCUT2D eigenvalue weighted by Gasteiger charge is -2.14. The monoisotopic (exact) mass is 386 g/mol. The number of pyridine rings is 2. The molecule has 8 heteroatoms. The minimum absolute atomic E-state index is 0.0505. The number of hydrogen-bond donors (Lipinski definition) is 1. The first-order valence-corrected chi connectivity index (χ1v) is 8.06. The van der Waals surface area contributed by atoms with Gasteiger partial charge in [-0.3, -0.25) is 14.2 Å². The van der Waals surface area contributed by atoms with E-state index in [2.05, 4.69) is 4.98 Å². The van der Waals surface area contributed by atoms with Crippen LogP contribution in [0.25, 0.3) is 27.8 Å². The Morgan fingerprint density at radius 1 is 0.786 bits per heavy atom. The summed E-state index contributed by atoms with van der Waals surface area (Å²) in [5.41, 5.74) is -2.49. The van der Waals surface area contributed by atoms with Gasteiger partial charge in [0.1, 0.15) is 29.0 Å². The maximum Gasteiger partial charge on any atom is 0.255 e. The van der Waals surface area contributed by atoms with Crippen LogP contribution in [-0.4, -0.2) is 9.55 Å². The van der Waals surface area contributed by atoms with E-state index in [1.807, 2.05) is 0 Å². The molecule has 28 heavy (non-hydrogen) atoms. The molecule has 2 heterocycles.